The van der Waals surface area contributed by atoms with Crippen LogP contribution in [0.3, 0.4) is 0 Å². The molecule has 1 aliphatic carbocycles. The van der Waals surface area contributed by atoms with Crippen LogP contribution in [0.4, 0.5) is 17.6 Å². The van der Waals surface area contributed by atoms with Crippen molar-refractivity contribution in [2.24, 2.45) is 0 Å². The van der Waals surface area contributed by atoms with Crippen LogP contribution < -0.4 is 4.74 Å². The molecule has 1 unspecified atom stereocenters. The summed E-state index contributed by atoms with van der Waals surface area (Å²) in [6.45, 7) is 2.27. The second kappa shape index (κ2) is 3.89. The molecule has 1 nitrogen and oxygen atoms in total. The van der Waals surface area contributed by atoms with E-state index in [-0.39, 0.29) is 5.56 Å². The topological polar surface area (TPSA) is 9.23 Å². The zero-order valence-electron chi connectivity index (χ0n) is 9.22. The molecule has 1 saturated carbocycles. The van der Waals surface area contributed by atoms with E-state index in [1.165, 1.54) is 24.3 Å². The van der Waals surface area contributed by atoms with Gasteiger partial charge in [-0.2, -0.15) is 17.6 Å². The summed E-state index contributed by atoms with van der Waals surface area (Å²) in [5, 5.41) is 0. The Balaban J connectivity index is 2.15. The highest BCUT2D eigenvalue weighted by atomic mass is 19.3. The van der Waals surface area contributed by atoms with Crippen LogP contribution in [0, 0.1) is 0 Å². The molecule has 1 atom stereocenters. The molecule has 0 N–H and O–H groups in total. The van der Waals surface area contributed by atoms with Gasteiger partial charge in [-0.15, -0.1) is 0 Å². The quantitative estimate of drug-likeness (QED) is 0.738. The number of benzene rings is 1. The molecular weight excluding hydrogens is 236 g/mol. The van der Waals surface area contributed by atoms with Gasteiger partial charge in [-0.05, 0) is 24.6 Å². The Morgan fingerprint density at radius 2 is 1.76 bits per heavy atom. The molecule has 0 bridgehead atoms. The third kappa shape index (κ3) is 1.87. The number of halogens is 4. The lowest BCUT2D eigenvalue weighted by atomic mass is 9.73. The minimum atomic E-state index is -3.94. The fourth-order valence-electron chi connectivity index (χ4n) is 1.93. The van der Waals surface area contributed by atoms with Crippen LogP contribution in [-0.4, -0.2) is 18.5 Å². The molecule has 1 aromatic carbocycles. The summed E-state index contributed by atoms with van der Waals surface area (Å²) in [6, 6.07) is 5.87. The van der Waals surface area contributed by atoms with Crippen molar-refractivity contribution >= 4 is 0 Å². The summed E-state index contributed by atoms with van der Waals surface area (Å²) in [4.78, 5) is 0. The predicted octanol–water partition coefficient (Wildman–Crippen LogP) is 3.84. The highest BCUT2D eigenvalue weighted by Crippen LogP contribution is 2.59. The average molecular weight is 248 g/mol. The van der Waals surface area contributed by atoms with E-state index < -0.39 is 24.2 Å². The number of rotatable bonds is 3. The van der Waals surface area contributed by atoms with Crippen LogP contribution in [-0.2, 0) is 0 Å². The Hall–Kier alpha value is -1.26. The summed E-state index contributed by atoms with van der Waals surface area (Å²) in [6.07, 6.45) is -0.798. The molecule has 1 aliphatic rings. The van der Waals surface area contributed by atoms with E-state index in [2.05, 4.69) is 0 Å². The molecular formula is C12H12F4O. The minimum absolute atomic E-state index is 0.226. The molecule has 0 aliphatic heterocycles. The SMILES string of the molecule is CCOc1ccc(C2CC(F)(F)C2(F)F)cc1. The lowest BCUT2D eigenvalue weighted by Crippen LogP contribution is -2.56. The van der Waals surface area contributed by atoms with E-state index in [9.17, 15) is 17.6 Å². The van der Waals surface area contributed by atoms with Crippen LogP contribution in [0.2, 0.25) is 0 Å². The van der Waals surface area contributed by atoms with Crippen molar-refractivity contribution in [2.75, 3.05) is 6.61 Å². The molecule has 1 fully saturated rings. The lowest BCUT2D eigenvalue weighted by molar-refractivity contribution is -0.290. The fourth-order valence-corrected chi connectivity index (χ4v) is 1.93. The first-order chi connectivity index (χ1) is 7.88. The first-order valence-corrected chi connectivity index (χ1v) is 5.37. The third-order valence-electron chi connectivity index (χ3n) is 2.98. The standard InChI is InChI=1S/C12H12F4O/c1-2-17-9-5-3-8(4-6-9)10-7-11(13,14)12(10,15)16/h3-6,10H,2,7H2,1H3. The molecule has 2 rings (SSSR count). The Labute approximate surface area is 96.4 Å². The van der Waals surface area contributed by atoms with Gasteiger partial charge in [0.25, 0.3) is 0 Å². The van der Waals surface area contributed by atoms with Gasteiger partial charge < -0.3 is 4.74 Å². The number of hydrogen-bond donors (Lipinski definition) is 0. The van der Waals surface area contributed by atoms with Gasteiger partial charge in [0.1, 0.15) is 5.75 Å². The Bertz CT molecular complexity index is 399. The van der Waals surface area contributed by atoms with E-state index in [0.29, 0.717) is 12.4 Å². The van der Waals surface area contributed by atoms with Gasteiger partial charge in [0, 0.05) is 6.42 Å². The van der Waals surface area contributed by atoms with Crippen molar-refractivity contribution in [1.82, 2.24) is 0 Å². The summed E-state index contributed by atoms with van der Waals surface area (Å²) in [5.74, 6) is -8.67. The third-order valence-corrected chi connectivity index (χ3v) is 2.98. The average Bonchev–Trinajstić information content (AvgIpc) is 2.28. The highest BCUT2D eigenvalue weighted by Gasteiger charge is 2.71. The molecule has 94 valence electrons. The largest absolute Gasteiger partial charge is 0.494 e. The molecule has 0 heterocycles. The van der Waals surface area contributed by atoms with E-state index >= 15 is 0 Å². The van der Waals surface area contributed by atoms with Crippen molar-refractivity contribution in [3.8, 4) is 5.75 Å². The monoisotopic (exact) mass is 248 g/mol. The van der Waals surface area contributed by atoms with E-state index in [0.717, 1.165) is 0 Å². The normalized spacial score (nSPS) is 25.1. The Morgan fingerprint density at radius 3 is 2.18 bits per heavy atom. The molecule has 0 amide bonds. The van der Waals surface area contributed by atoms with Gasteiger partial charge in [-0.3, -0.25) is 0 Å². The molecule has 17 heavy (non-hydrogen) atoms. The Morgan fingerprint density at radius 1 is 1.18 bits per heavy atom. The van der Waals surface area contributed by atoms with Crippen LogP contribution in [0.1, 0.15) is 24.8 Å². The zero-order valence-corrected chi connectivity index (χ0v) is 9.22. The molecule has 0 aromatic heterocycles. The minimum Gasteiger partial charge on any atom is -0.494 e. The van der Waals surface area contributed by atoms with Gasteiger partial charge in [-0.1, -0.05) is 12.1 Å². The van der Waals surface area contributed by atoms with Gasteiger partial charge in [0.05, 0.1) is 12.5 Å². The van der Waals surface area contributed by atoms with Gasteiger partial charge >= 0.3 is 11.8 Å². The van der Waals surface area contributed by atoms with E-state index in [1.807, 2.05) is 0 Å². The van der Waals surface area contributed by atoms with Crippen LogP contribution in [0.5, 0.6) is 5.75 Å². The highest BCUT2D eigenvalue weighted by molar-refractivity contribution is 5.34. The maximum absolute atomic E-state index is 13.1. The Kier molecular flexibility index (Phi) is 2.79. The van der Waals surface area contributed by atoms with Gasteiger partial charge in [0.2, 0.25) is 0 Å². The van der Waals surface area contributed by atoms with Crippen molar-refractivity contribution in [3.05, 3.63) is 29.8 Å². The maximum Gasteiger partial charge on any atom is 0.317 e. The fraction of sp³-hybridized carbons (Fsp3) is 0.500. The van der Waals surface area contributed by atoms with Crippen molar-refractivity contribution in [1.29, 1.82) is 0 Å². The van der Waals surface area contributed by atoms with Crippen LogP contribution in [0.25, 0.3) is 0 Å². The van der Waals surface area contributed by atoms with Crippen molar-refractivity contribution in [2.45, 2.75) is 31.1 Å². The van der Waals surface area contributed by atoms with Crippen LogP contribution in [0.15, 0.2) is 24.3 Å². The predicted molar refractivity (Wildman–Crippen MR) is 54.9 cm³/mol. The van der Waals surface area contributed by atoms with Crippen LogP contribution >= 0.6 is 0 Å². The van der Waals surface area contributed by atoms with Crippen molar-refractivity contribution < 1.29 is 22.3 Å². The molecule has 0 radical (unpaired) electrons. The van der Waals surface area contributed by atoms with E-state index in [4.69, 9.17) is 4.74 Å². The smallest absolute Gasteiger partial charge is 0.317 e. The molecule has 1 aromatic rings. The summed E-state index contributed by atoms with van der Waals surface area (Å²) in [7, 11) is 0. The molecule has 5 heteroatoms. The summed E-state index contributed by atoms with van der Waals surface area (Å²) in [5.41, 5.74) is 0.226. The molecule has 0 spiro atoms. The maximum atomic E-state index is 13.1. The first-order valence-electron chi connectivity index (χ1n) is 5.37. The second-order valence-electron chi connectivity index (χ2n) is 4.09. The second-order valence-corrected chi connectivity index (χ2v) is 4.09. The number of ether oxygens (including phenoxy) is 1. The van der Waals surface area contributed by atoms with Gasteiger partial charge in [-0.25, -0.2) is 0 Å². The summed E-state index contributed by atoms with van der Waals surface area (Å²) < 4.78 is 56.8. The first kappa shape index (κ1) is 12.2. The van der Waals surface area contributed by atoms with E-state index in [1.54, 1.807) is 6.92 Å². The zero-order chi connectivity index (χ0) is 12.7. The number of hydrogen-bond acceptors (Lipinski definition) is 1. The summed E-state index contributed by atoms with van der Waals surface area (Å²) >= 11 is 0. The lowest BCUT2D eigenvalue weighted by Gasteiger charge is -2.44. The van der Waals surface area contributed by atoms with Gasteiger partial charge in [0.15, 0.2) is 0 Å². The van der Waals surface area contributed by atoms with Crippen molar-refractivity contribution in [3.63, 3.8) is 0 Å². The number of alkyl halides is 4. The molecule has 0 saturated heterocycles.